The predicted molar refractivity (Wildman–Crippen MR) is 90.5 cm³/mol. The highest BCUT2D eigenvalue weighted by Crippen LogP contribution is 2.24. The van der Waals surface area contributed by atoms with Gasteiger partial charge in [-0.25, -0.2) is 0 Å². The first-order chi connectivity index (χ1) is 11.0. The first kappa shape index (κ1) is 17.2. The molecule has 2 aromatic rings. The van der Waals surface area contributed by atoms with Gasteiger partial charge in [0.25, 0.3) is 0 Å². The number of amides is 1. The molecule has 1 N–H and O–H groups in total. The minimum absolute atomic E-state index is 0.0850. The van der Waals surface area contributed by atoms with E-state index in [1.54, 1.807) is 20.3 Å². The largest absolute Gasteiger partial charge is 0.497 e. The Kier molecular flexibility index (Phi) is 5.92. The van der Waals surface area contributed by atoms with Crippen molar-refractivity contribution in [3.8, 4) is 11.5 Å². The van der Waals surface area contributed by atoms with Gasteiger partial charge in [-0.05, 0) is 24.1 Å². The monoisotopic (exact) mass is 335 g/mol. The second-order valence-electron chi connectivity index (χ2n) is 5.37. The lowest BCUT2D eigenvalue weighted by Crippen LogP contribution is -2.12. The Morgan fingerprint density at radius 2 is 1.83 bits per heavy atom. The van der Waals surface area contributed by atoms with Crippen LogP contribution in [-0.4, -0.2) is 30.3 Å². The first-order valence-corrected chi connectivity index (χ1v) is 8.18. The van der Waals surface area contributed by atoms with Crippen LogP contribution in [0.1, 0.15) is 36.8 Å². The molecule has 1 aromatic carbocycles. The molecular formula is C16H21N3O3S. The number of hydrogen-bond donors (Lipinski definition) is 1. The molecule has 1 amide bonds. The molecule has 0 radical (unpaired) electrons. The van der Waals surface area contributed by atoms with Gasteiger partial charge in [0.05, 0.1) is 14.2 Å². The van der Waals surface area contributed by atoms with Gasteiger partial charge in [-0.3, -0.25) is 4.79 Å². The van der Waals surface area contributed by atoms with Gasteiger partial charge in [-0.15, -0.1) is 10.2 Å². The van der Waals surface area contributed by atoms with E-state index in [1.165, 1.54) is 11.3 Å². The molecule has 0 saturated carbocycles. The number of carbonyl (C=O) groups excluding carboxylic acids is 1. The summed E-state index contributed by atoms with van der Waals surface area (Å²) in [5, 5.41) is 12.3. The SMILES string of the molecule is COc1cc(CCC(=O)Nc2nnc(C(C)C)s2)cc(OC)c1. The molecule has 2 rings (SSSR count). The van der Waals surface area contributed by atoms with E-state index < -0.39 is 0 Å². The molecular weight excluding hydrogens is 314 g/mol. The van der Waals surface area contributed by atoms with Gasteiger partial charge in [-0.2, -0.15) is 0 Å². The van der Waals surface area contributed by atoms with Crippen molar-refractivity contribution in [3.05, 3.63) is 28.8 Å². The Morgan fingerprint density at radius 3 is 2.35 bits per heavy atom. The second kappa shape index (κ2) is 7.92. The Hall–Kier alpha value is -2.15. The maximum Gasteiger partial charge on any atom is 0.226 e. The fourth-order valence-corrected chi connectivity index (χ4v) is 2.73. The first-order valence-electron chi connectivity index (χ1n) is 7.37. The zero-order valence-electron chi connectivity index (χ0n) is 13.8. The highest BCUT2D eigenvalue weighted by Gasteiger charge is 2.11. The van der Waals surface area contributed by atoms with Crippen LogP contribution in [0, 0.1) is 0 Å². The Balaban J connectivity index is 1.93. The molecule has 7 heteroatoms. The van der Waals surface area contributed by atoms with E-state index in [1.807, 2.05) is 26.0 Å². The van der Waals surface area contributed by atoms with Gasteiger partial charge >= 0.3 is 0 Å². The van der Waals surface area contributed by atoms with Crippen molar-refractivity contribution in [2.45, 2.75) is 32.6 Å². The number of carbonyl (C=O) groups is 1. The molecule has 1 aromatic heterocycles. The summed E-state index contributed by atoms with van der Waals surface area (Å²) >= 11 is 1.41. The minimum atomic E-state index is -0.0850. The van der Waals surface area contributed by atoms with Crippen LogP contribution in [0.25, 0.3) is 0 Å². The average molecular weight is 335 g/mol. The van der Waals surface area contributed by atoms with E-state index >= 15 is 0 Å². The average Bonchev–Trinajstić information content (AvgIpc) is 3.01. The molecule has 1 heterocycles. The van der Waals surface area contributed by atoms with E-state index in [0.29, 0.717) is 35.4 Å². The number of aryl methyl sites for hydroxylation is 1. The van der Waals surface area contributed by atoms with Crippen molar-refractivity contribution in [2.75, 3.05) is 19.5 Å². The van der Waals surface area contributed by atoms with Crippen LogP contribution in [0.4, 0.5) is 5.13 Å². The van der Waals surface area contributed by atoms with Crippen molar-refractivity contribution in [2.24, 2.45) is 0 Å². The number of benzene rings is 1. The van der Waals surface area contributed by atoms with Gasteiger partial charge < -0.3 is 14.8 Å². The van der Waals surface area contributed by atoms with Crippen LogP contribution in [0.15, 0.2) is 18.2 Å². The van der Waals surface area contributed by atoms with Gasteiger partial charge in [0, 0.05) is 18.4 Å². The second-order valence-corrected chi connectivity index (χ2v) is 6.38. The van der Waals surface area contributed by atoms with Crippen molar-refractivity contribution in [3.63, 3.8) is 0 Å². The van der Waals surface area contributed by atoms with E-state index in [2.05, 4.69) is 15.5 Å². The van der Waals surface area contributed by atoms with Crippen molar-refractivity contribution in [1.29, 1.82) is 0 Å². The lowest BCUT2D eigenvalue weighted by molar-refractivity contribution is -0.116. The molecule has 0 fully saturated rings. The minimum Gasteiger partial charge on any atom is -0.497 e. The number of nitrogens with one attached hydrogen (secondary N) is 1. The van der Waals surface area contributed by atoms with Crippen LogP contribution in [0.5, 0.6) is 11.5 Å². The summed E-state index contributed by atoms with van der Waals surface area (Å²) in [6.45, 7) is 4.09. The molecule has 0 spiro atoms. The quantitative estimate of drug-likeness (QED) is 0.841. The molecule has 0 unspecified atom stereocenters. The van der Waals surface area contributed by atoms with Gasteiger partial charge in [0.2, 0.25) is 11.0 Å². The third-order valence-corrected chi connectivity index (χ3v) is 4.37. The van der Waals surface area contributed by atoms with E-state index in [0.717, 1.165) is 10.6 Å². The summed E-state index contributed by atoms with van der Waals surface area (Å²) in [6.07, 6.45) is 0.947. The summed E-state index contributed by atoms with van der Waals surface area (Å²) < 4.78 is 10.5. The summed E-state index contributed by atoms with van der Waals surface area (Å²) in [5.41, 5.74) is 0.983. The summed E-state index contributed by atoms with van der Waals surface area (Å²) in [4.78, 5) is 12.0. The zero-order chi connectivity index (χ0) is 16.8. The van der Waals surface area contributed by atoms with Crippen LogP contribution in [0.3, 0.4) is 0 Å². The van der Waals surface area contributed by atoms with E-state index in [-0.39, 0.29) is 5.91 Å². The fraction of sp³-hybridized carbons (Fsp3) is 0.438. The van der Waals surface area contributed by atoms with Gasteiger partial charge in [0.1, 0.15) is 16.5 Å². The zero-order valence-corrected chi connectivity index (χ0v) is 14.6. The number of hydrogen-bond acceptors (Lipinski definition) is 6. The fourth-order valence-electron chi connectivity index (χ4n) is 1.97. The Bertz CT molecular complexity index is 648. The number of methoxy groups -OCH3 is 2. The van der Waals surface area contributed by atoms with Crippen LogP contribution in [0.2, 0.25) is 0 Å². The molecule has 0 atom stereocenters. The van der Waals surface area contributed by atoms with E-state index in [9.17, 15) is 4.79 Å². The summed E-state index contributed by atoms with van der Waals surface area (Å²) in [6, 6.07) is 5.60. The van der Waals surface area contributed by atoms with Crippen molar-refractivity contribution >= 4 is 22.4 Å². The van der Waals surface area contributed by atoms with E-state index in [4.69, 9.17) is 9.47 Å². The maximum absolute atomic E-state index is 12.0. The third-order valence-electron chi connectivity index (χ3n) is 3.23. The topological polar surface area (TPSA) is 73.3 Å². The molecule has 23 heavy (non-hydrogen) atoms. The number of nitrogens with zero attached hydrogens (tertiary/aromatic N) is 2. The van der Waals surface area contributed by atoms with Crippen molar-refractivity contribution in [1.82, 2.24) is 10.2 Å². The molecule has 6 nitrogen and oxygen atoms in total. The number of rotatable bonds is 7. The molecule has 124 valence electrons. The molecule has 0 saturated heterocycles. The van der Waals surface area contributed by atoms with Crippen molar-refractivity contribution < 1.29 is 14.3 Å². The number of anilines is 1. The standard InChI is InChI=1S/C16H21N3O3S/c1-10(2)15-18-19-16(23-15)17-14(20)6-5-11-7-12(21-3)9-13(8-11)22-4/h7-10H,5-6H2,1-4H3,(H,17,19,20). The highest BCUT2D eigenvalue weighted by molar-refractivity contribution is 7.15. The number of aromatic nitrogens is 2. The normalized spacial score (nSPS) is 10.7. The molecule has 0 aliphatic rings. The Morgan fingerprint density at radius 1 is 1.17 bits per heavy atom. The maximum atomic E-state index is 12.0. The Labute approximate surface area is 139 Å². The van der Waals surface area contributed by atoms with Gasteiger partial charge in [0.15, 0.2) is 0 Å². The molecule has 0 aliphatic carbocycles. The third kappa shape index (κ3) is 4.92. The smallest absolute Gasteiger partial charge is 0.226 e. The van der Waals surface area contributed by atoms with Crippen LogP contribution < -0.4 is 14.8 Å². The number of ether oxygens (including phenoxy) is 2. The highest BCUT2D eigenvalue weighted by atomic mass is 32.1. The molecule has 0 aliphatic heterocycles. The van der Waals surface area contributed by atoms with Gasteiger partial charge in [-0.1, -0.05) is 25.2 Å². The lowest BCUT2D eigenvalue weighted by atomic mass is 10.1. The predicted octanol–water partition coefficient (Wildman–Crippen LogP) is 3.25. The summed E-state index contributed by atoms with van der Waals surface area (Å²) in [7, 11) is 3.21. The lowest BCUT2D eigenvalue weighted by Gasteiger charge is -2.08. The van der Waals surface area contributed by atoms with Crippen LogP contribution in [-0.2, 0) is 11.2 Å². The summed E-state index contributed by atoms with van der Waals surface area (Å²) in [5.74, 6) is 1.65. The van der Waals surface area contributed by atoms with Crippen LogP contribution >= 0.6 is 11.3 Å². The molecule has 0 bridgehead atoms.